The molecule has 1 heterocycles. The first-order valence-corrected chi connectivity index (χ1v) is 14.8. The number of amides is 1. The molecule has 0 aromatic heterocycles. The average Bonchev–Trinajstić information content (AvgIpc) is 3.03. The summed E-state index contributed by atoms with van der Waals surface area (Å²) in [6.45, 7) is 4.02. The fourth-order valence-corrected chi connectivity index (χ4v) is 5.19. The minimum Gasteiger partial charge on any atom is -0.496 e. The SMILES string of the molecule is COCCCc1ccccc1NC(=O)COC1CNCCC1c1ccc(OCCCOCc2ccccc2OC)cc1. The number of methoxy groups -OCH3 is 2. The van der Waals surface area contributed by atoms with E-state index in [0.717, 1.165) is 60.5 Å². The predicted molar refractivity (Wildman–Crippen MR) is 164 cm³/mol. The van der Waals surface area contributed by atoms with Crippen LogP contribution in [-0.2, 0) is 32.0 Å². The lowest BCUT2D eigenvalue weighted by atomic mass is 9.88. The number of carbonyl (C=O) groups excluding carboxylic acids is 1. The van der Waals surface area contributed by atoms with Gasteiger partial charge in [0.1, 0.15) is 18.1 Å². The number of ether oxygens (including phenoxy) is 5. The normalized spacial score (nSPS) is 16.6. The number of para-hydroxylation sites is 2. The van der Waals surface area contributed by atoms with Crippen molar-refractivity contribution in [1.29, 1.82) is 0 Å². The topological polar surface area (TPSA) is 87.3 Å². The van der Waals surface area contributed by atoms with Crippen molar-refractivity contribution in [1.82, 2.24) is 5.32 Å². The molecule has 2 N–H and O–H groups in total. The predicted octanol–water partition coefficient (Wildman–Crippen LogP) is 5.36. The van der Waals surface area contributed by atoms with Gasteiger partial charge in [0.2, 0.25) is 5.91 Å². The monoisotopic (exact) mass is 576 g/mol. The summed E-state index contributed by atoms with van der Waals surface area (Å²) in [5.74, 6) is 1.74. The van der Waals surface area contributed by atoms with Crippen molar-refractivity contribution in [2.24, 2.45) is 0 Å². The van der Waals surface area contributed by atoms with Gasteiger partial charge in [-0.3, -0.25) is 4.79 Å². The number of nitrogens with one attached hydrogen (secondary N) is 2. The summed E-state index contributed by atoms with van der Waals surface area (Å²) in [5, 5.41) is 6.43. The Hall–Kier alpha value is -3.43. The van der Waals surface area contributed by atoms with Gasteiger partial charge in [-0.2, -0.15) is 0 Å². The smallest absolute Gasteiger partial charge is 0.250 e. The molecule has 8 heteroatoms. The molecule has 2 unspecified atom stereocenters. The van der Waals surface area contributed by atoms with Crippen LogP contribution in [0.15, 0.2) is 72.8 Å². The van der Waals surface area contributed by atoms with E-state index >= 15 is 0 Å². The number of piperidine rings is 1. The Balaban J connectivity index is 1.20. The van der Waals surface area contributed by atoms with Crippen molar-refractivity contribution >= 4 is 11.6 Å². The van der Waals surface area contributed by atoms with E-state index in [1.165, 1.54) is 5.56 Å². The molecule has 1 aliphatic rings. The maximum absolute atomic E-state index is 12.8. The third kappa shape index (κ3) is 9.84. The van der Waals surface area contributed by atoms with E-state index in [1.54, 1.807) is 14.2 Å². The Morgan fingerprint density at radius 3 is 2.50 bits per heavy atom. The zero-order valence-corrected chi connectivity index (χ0v) is 24.8. The fourth-order valence-electron chi connectivity index (χ4n) is 5.19. The molecule has 42 heavy (non-hydrogen) atoms. The van der Waals surface area contributed by atoms with E-state index in [2.05, 4.69) is 22.8 Å². The number of hydrogen-bond donors (Lipinski definition) is 2. The first-order chi connectivity index (χ1) is 20.7. The molecule has 4 rings (SSSR count). The largest absolute Gasteiger partial charge is 0.496 e. The maximum atomic E-state index is 12.8. The molecule has 0 aliphatic carbocycles. The van der Waals surface area contributed by atoms with E-state index in [9.17, 15) is 4.79 Å². The van der Waals surface area contributed by atoms with Crippen LogP contribution in [-0.4, -0.2) is 65.7 Å². The minimum atomic E-state index is -0.144. The highest BCUT2D eigenvalue weighted by Gasteiger charge is 2.28. The van der Waals surface area contributed by atoms with Gasteiger partial charge < -0.3 is 34.3 Å². The van der Waals surface area contributed by atoms with Crippen molar-refractivity contribution in [3.8, 4) is 11.5 Å². The second-order valence-corrected chi connectivity index (χ2v) is 10.4. The van der Waals surface area contributed by atoms with Crippen LogP contribution < -0.4 is 20.1 Å². The summed E-state index contributed by atoms with van der Waals surface area (Å²) in [7, 11) is 3.37. The number of benzene rings is 3. The summed E-state index contributed by atoms with van der Waals surface area (Å²) in [4.78, 5) is 12.8. The molecule has 1 fully saturated rings. The van der Waals surface area contributed by atoms with Crippen LogP contribution in [0.25, 0.3) is 0 Å². The minimum absolute atomic E-state index is 0.00950. The molecule has 0 radical (unpaired) electrons. The highest BCUT2D eigenvalue weighted by molar-refractivity contribution is 5.92. The molecule has 1 aliphatic heterocycles. The van der Waals surface area contributed by atoms with Crippen molar-refractivity contribution < 1.29 is 28.5 Å². The number of aryl methyl sites for hydroxylation is 1. The molecule has 1 amide bonds. The number of rotatable bonds is 17. The lowest BCUT2D eigenvalue weighted by molar-refractivity contribution is -0.123. The summed E-state index contributed by atoms with van der Waals surface area (Å²) >= 11 is 0. The van der Waals surface area contributed by atoms with Crippen LogP contribution in [0.3, 0.4) is 0 Å². The summed E-state index contributed by atoms with van der Waals surface area (Å²) in [6.07, 6.45) is 3.39. The van der Waals surface area contributed by atoms with Crippen molar-refractivity contribution in [3.63, 3.8) is 0 Å². The fraction of sp³-hybridized carbons (Fsp3) is 0.441. The van der Waals surface area contributed by atoms with Gasteiger partial charge in [-0.05, 0) is 61.2 Å². The molecule has 0 saturated carbocycles. The Labute approximate surface area is 249 Å². The molecule has 8 nitrogen and oxygen atoms in total. The summed E-state index contributed by atoms with van der Waals surface area (Å²) in [5.41, 5.74) is 4.16. The highest BCUT2D eigenvalue weighted by atomic mass is 16.5. The van der Waals surface area contributed by atoms with Crippen LogP contribution in [0.5, 0.6) is 11.5 Å². The van der Waals surface area contributed by atoms with E-state index in [4.69, 9.17) is 23.7 Å². The average molecular weight is 577 g/mol. The number of carbonyl (C=O) groups is 1. The second kappa shape index (κ2) is 17.5. The molecule has 3 aromatic rings. The maximum Gasteiger partial charge on any atom is 0.250 e. The van der Waals surface area contributed by atoms with Gasteiger partial charge >= 0.3 is 0 Å². The molecule has 226 valence electrons. The van der Waals surface area contributed by atoms with Gasteiger partial charge in [-0.1, -0.05) is 48.5 Å². The van der Waals surface area contributed by atoms with Gasteiger partial charge in [0.15, 0.2) is 0 Å². The second-order valence-electron chi connectivity index (χ2n) is 10.4. The van der Waals surface area contributed by atoms with E-state index < -0.39 is 0 Å². The van der Waals surface area contributed by atoms with Crippen LogP contribution in [0, 0.1) is 0 Å². The Kier molecular flexibility index (Phi) is 13.1. The van der Waals surface area contributed by atoms with Crippen LogP contribution in [0.2, 0.25) is 0 Å². The van der Waals surface area contributed by atoms with Gasteiger partial charge in [0.25, 0.3) is 0 Å². The molecule has 3 aromatic carbocycles. The van der Waals surface area contributed by atoms with Gasteiger partial charge in [-0.15, -0.1) is 0 Å². The third-order valence-corrected chi connectivity index (χ3v) is 7.40. The van der Waals surface area contributed by atoms with E-state index in [-0.39, 0.29) is 24.5 Å². The molecular weight excluding hydrogens is 532 g/mol. The van der Waals surface area contributed by atoms with Gasteiger partial charge in [-0.25, -0.2) is 0 Å². The lowest BCUT2D eigenvalue weighted by Crippen LogP contribution is -2.42. The molecule has 2 atom stereocenters. The van der Waals surface area contributed by atoms with Crippen LogP contribution >= 0.6 is 0 Å². The van der Waals surface area contributed by atoms with Gasteiger partial charge in [0.05, 0.1) is 33.0 Å². The van der Waals surface area contributed by atoms with Gasteiger partial charge in [0, 0.05) is 43.9 Å². The summed E-state index contributed by atoms with van der Waals surface area (Å²) < 4.78 is 28.4. The number of anilines is 1. The molecule has 0 bridgehead atoms. The Morgan fingerprint density at radius 2 is 1.69 bits per heavy atom. The van der Waals surface area contributed by atoms with Crippen molar-refractivity contribution in [2.45, 2.75) is 44.3 Å². The lowest BCUT2D eigenvalue weighted by Gasteiger charge is -2.32. The van der Waals surface area contributed by atoms with Crippen molar-refractivity contribution in [2.75, 3.05) is 59.1 Å². The van der Waals surface area contributed by atoms with Crippen LogP contribution in [0.4, 0.5) is 5.69 Å². The van der Waals surface area contributed by atoms with Crippen molar-refractivity contribution in [3.05, 3.63) is 89.5 Å². The number of hydrogen-bond acceptors (Lipinski definition) is 7. The van der Waals surface area contributed by atoms with E-state index in [0.29, 0.717) is 33.0 Å². The Morgan fingerprint density at radius 1 is 0.905 bits per heavy atom. The standard InChI is InChI=1S/C34H44N2O6/c1-38-20-7-11-27-9-3-5-12-31(27)36-34(37)25-42-33-23-35-19-18-30(33)26-14-16-29(17-15-26)41-22-8-21-40-24-28-10-4-6-13-32(28)39-2/h3-6,9-10,12-17,30,33,35H,7-8,11,18-25H2,1-2H3,(H,36,37). The molecule has 0 spiro atoms. The highest BCUT2D eigenvalue weighted by Crippen LogP contribution is 2.29. The quantitative estimate of drug-likeness (QED) is 0.209. The first kappa shape index (κ1) is 31.5. The summed E-state index contributed by atoms with van der Waals surface area (Å²) in [6, 6.07) is 24.0. The zero-order chi connectivity index (χ0) is 29.4. The molecular formula is C34H44N2O6. The third-order valence-electron chi connectivity index (χ3n) is 7.40. The van der Waals surface area contributed by atoms with Crippen LogP contribution in [0.1, 0.15) is 41.9 Å². The zero-order valence-electron chi connectivity index (χ0n) is 24.8. The van der Waals surface area contributed by atoms with E-state index in [1.807, 2.05) is 60.7 Å². The Bertz CT molecular complexity index is 1220. The molecule has 1 saturated heterocycles. The first-order valence-electron chi connectivity index (χ1n) is 14.8.